The number of ether oxygens (including phenoxy) is 2. The van der Waals surface area contributed by atoms with Crippen molar-refractivity contribution in [2.75, 3.05) is 39.8 Å². The minimum Gasteiger partial charge on any atom is -0.496 e. The molecule has 8 nitrogen and oxygen atoms in total. The SMILES string of the molecule is COc1ccccc1C(=O)N1CCCN(C(=O)C2CCCN2C(=O)OC(C)(C)C)CC1. The van der Waals surface area contributed by atoms with Gasteiger partial charge < -0.3 is 19.3 Å². The molecule has 3 rings (SSSR count). The first-order valence-corrected chi connectivity index (χ1v) is 10.9. The Morgan fingerprint density at radius 1 is 0.935 bits per heavy atom. The highest BCUT2D eigenvalue weighted by Crippen LogP contribution is 2.24. The Hall–Kier alpha value is -2.77. The van der Waals surface area contributed by atoms with Crippen LogP contribution in [-0.2, 0) is 9.53 Å². The van der Waals surface area contributed by atoms with Crippen LogP contribution in [0.1, 0.15) is 50.4 Å². The summed E-state index contributed by atoms with van der Waals surface area (Å²) in [6.07, 6.45) is 1.66. The summed E-state index contributed by atoms with van der Waals surface area (Å²) < 4.78 is 10.8. The number of amides is 3. The number of hydrogen-bond acceptors (Lipinski definition) is 5. The number of carbonyl (C=O) groups excluding carboxylic acids is 3. The Bertz CT molecular complexity index is 820. The molecule has 0 N–H and O–H groups in total. The second-order valence-corrected chi connectivity index (χ2v) is 9.00. The van der Waals surface area contributed by atoms with Crippen LogP contribution in [0.15, 0.2) is 24.3 Å². The van der Waals surface area contributed by atoms with Gasteiger partial charge in [0.2, 0.25) is 5.91 Å². The van der Waals surface area contributed by atoms with E-state index in [2.05, 4.69) is 0 Å². The van der Waals surface area contributed by atoms with Crippen LogP contribution >= 0.6 is 0 Å². The molecule has 0 spiro atoms. The topological polar surface area (TPSA) is 79.4 Å². The van der Waals surface area contributed by atoms with Gasteiger partial charge in [-0.2, -0.15) is 0 Å². The third-order valence-corrected chi connectivity index (χ3v) is 5.60. The summed E-state index contributed by atoms with van der Waals surface area (Å²) in [6, 6.07) is 6.68. The molecule has 2 saturated heterocycles. The summed E-state index contributed by atoms with van der Waals surface area (Å²) in [6.45, 7) is 8.01. The second-order valence-electron chi connectivity index (χ2n) is 9.00. The summed E-state index contributed by atoms with van der Waals surface area (Å²) in [5.74, 6) is 0.390. The third kappa shape index (κ3) is 5.48. The fraction of sp³-hybridized carbons (Fsp3) is 0.609. The van der Waals surface area contributed by atoms with E-state index in [4.69, 9.17) is 9.47 Å². The van der Waals surface area contributed by atoms with Crippen molar-refractivity contribution < 1.29 is 23.9 Å². The molecule has 1 aromatic rings. The van der Waals surface area contributed by atoms with Crippen LogP contribution in [0.4, 0.5) is 4.79 Å². The highest BCUT2D eigenvalue weighted by Gasteiger charge is 2.39. The number of carbonyl (C=O) groups is 3. The minimum atomic E-state index is -0.602. The van der Waals surface area contributed by atoms with Crippen molar-refractivity contribution in [2.45, 2.75) is 51.7 Å². The number of hydrogen-bond donors (Lipinski definition) is 0. The maximum Gasteiger partial charge on any atom is 0.410 e. The summed E-state index contributed by atoms with van der Waals surface area (Å²) in [5.41, 5.74) is -0.0773. The molecule has 31 heavy (non-hydrogen) atoms. The van der Waals surface area contributed by atoms with Crippen LogP contribution in [0.25, 0.3) is 0 Å². The van der Waals surface area contributed by atoms with E-state index < -0.39 is 17.7 Å². The van der Waals surface area contributed by atoms with Gasteiger partial charge in [0.15, 0.2) is 0 Å². The Labute approximate surface area is 184 Å². The molecule has 1 aromatic carbocycles. The smallest absolute Gasteiger partial charge is 0.410 e. The van der Waals surface area contributed by atoms with E-state index in [0.717, 1.165) is 6.42 Å². The largest absolute Gasteiger partial charge is 0.496 e. The molecule has 2 heterocycles. The van der Waals surface area contributed by atoms with E-state index >= 15 is 0 Å². The van der Waals surface area contributed by atoms with E-state index in [1.807, 2.05) is 32.9 Å². The van der Waals surface area contributed by atoms with Gasteiger partial charge in [-0.25, -0.2) is 4.79 Å². The van der Waals surface area contributed by atoms with Gasteiger partial charge in [0, 0.05) is 32.7 Å². The average Bonchev–Trinajstić information content (AvgIpc) is 3.09. The van der Waals surface area contributed by atoms with Crippen molar-refractivity contribution in [3.05, 3.63) is 29.8 Å². The van der Waals surface area contributed by atoms with Gasteiger partial charge in [0.25, 0.3) is 5.91 Å². The fourth-order valence-corrected chi connectivity index (χ4v) is 4.11. The Kier molecular flexibility index (Phi) is 7.08. The number of para-hydroxylation sites is 1. The van der Waals surface area contributed by atoms with E-state index in [1.165, 1.54) is 0 Å². The van der Waals surface area contributed by atoms with Gasteiger partial charge >= 0.3 is 6.09 Å². The average molecular weight is 432 g/mol. The quantitative estimate of drug-likeness (QED) is 0.735. The number of methoxy groups -OCH3 is 1. The fourth-order valence-electron chi connectivity index (χ4n) is 4.11. The lowest BCUT2D eigenvalue weighted by molar-refractivity contribution is -0.135. The van der Waals surface area contributed by atoms with Crippen LogP contribution < -0.4 is 4.74 Å². The third-order valence-electron chi connectivity index (χ3n) is 5.60. The van der Waals surface area contributed by atoms with Gasteiger partial charge in [-0.15, -0.1) is 0 Å². The van der Waals surface area contributed by atoms with Gasteiger partial charge in [-0.3, -0.25) is 14.5 Å². The highest BCUT2D eigenvalue weighted by molar-refractivity contribution is 5.97. The van der Waals surface area contributed by atoms with Crippen LogP contribution in [-0.4, -0.2) is 84.1 Å². The molecule has 0 saturated carbocycles. The van der Waals surface area contributed by atoms with Crippen LogP contribution in [0.3, 0.4) is 0 Å². The predicted molar refractivity (Wildman–Crippen MR) is 116 cm³/mol. The molecule has 8 heteroatoms. The molecule has 2 aliphatic rings. The van der Waals surface area contributed by atoms with Gasteiger partial charge in [0.05, 0.1) is 12.7 Å². The molecule has 0 aliphatic carbocycles. The predicted octanol–water partition coefficient (Wildman–Crippen LogP) is 2.77. The standard InChI is InChI=1S/C23H33N3O5/c1-23(2,3)31-22(29)26-14-7-10-18(26)21(28)25-13-8-12-24(15-16-25)20(27)17-9-5-6-11-19(17)30-4/h5-6,9,11,18H,7-8,10,12-16H2,1-4H3. The number of benzene rings is 1. The van der Waals surface area contributed by atoms with Crippen LogP contribution in [0.2, 0.25) is 0 Å². The van der Waals surface area contributed by atoms with Crippen LogP contribution in [0, 0.1) is 0 Å². The maximum atomic E-state index is 13.2. The Balaban J connectivity index is 1.64. The lowest BCUT2D eigenvalue weighted by atomic mass is 10.1. The molecule has 2 aliphatic heterocycles. The lowest BCUT2D eigenvalue weighted by Crippen LogP contribution is -2.50. The highest BCUT2D eigenvalue weighted by atomic mass is 16.6. The van der Waals surface area contributed by atoms with Crippen molar-refractivity contribution in [1.29, 1.82) is 0 Å². The zero-order valence-corrected chi connectivity index (χ0v) is 18.9. The van der Waals surface area contributed by atoms with Gasteiger partial charge in [0.1, 0.15) is 17.4 Å². The Morgan fingerprint density at radius 2 is 1.61 bits per heavy atom. The van der Waals surface area contributed by atoms with Crippen molar-refractivity contribution >= 4 is 17.9 Å². The normalized spacial score (nSPS) is 19.7. The van der Waals surface area contributed by atoms with E-state index in [0.29, 0.717) is 56.9 Å². The van der Waals surface area contributed by atoms with Crippen molar-refractivity contribution in [3.8, 4) is 5.75 Å². The van der Waals surface area contributed by atoms with Crippen LogP contribution in [0.5, 0.6) is 5.75 Å². The number of likely N-dealkylation sites (tertiary alicyclic amines) is 1. The van der Waals surface area contributed by atoms with Crippen molar-refractivity contribution in [1.82, 2.24) is 14.7 Å². The molecule has 0 bridgehead atoms. The molecule has 1 unspecified atom stereocenters. The van der Waals surface area contributed by atoms with E-state index in [9.17, 15) is 14.4 Å². The summed E-state index contributed by atoms with van der Waals surface area (Å²) >= 11 is 0. The van der Waals surface area contributed by atoms with E-state index in [1.54, 1.807) is 33.9 Å². The van der Waals surface area contributed by atoms with Gasteiger partial charge in [-0.05, 0) is 52.2 Å². The van der Waals surface area contributed by atoms with E-state index in [-0.39, 0.29) is 11.8 Å². The number of nitrogens with zero attached hydrogens (tertiary/aromatic N) is 3. The molecular weight excluding hydrogens is 398 g/mol. The van der Waals surface area contributed by atoms with Crippen molar-refractivity contribution in [3.63, 3.8) is 0 Å². The first-order valence-electron chi connectivity index (χ1n) is 10.9. The Morgan fingerprint density at radius 3 is 2.32 bits per heavy atom. The minimum absolute atomic E-state index is 0.0602. The molecule has 2 fully saturated rings. The monoisotopic (exact) mass is 431 g/mol. The van der Waals surface area contributed by atoms with Crippen molar-refractivity contribution in [2.24, 2.45) is 0 Å². The maximum absolute atomic E-state index is 13.2. The molecular formula is C23H33N3O5. The summed E-state index contributed by atoms with van der Waals surface area (Å²) in [5, 5.41) is 0. The zero-order chi connectivity index (χ0) is 22.6. The lowest BCUT2D eigenvalue weighted by Gasteiger charge is -2.31. The number of rotatable bonds is 3. The van der Waals surface area contributed by atoms with Gasteiger partial charge in [-0.1, -0.05) is 12.1 Å². The molecule has 0 aromatic heterocycles. The first kappa shape index (κ1) is 22.9. The molecule has 0 radical (unpaired) electrons. The summed E-state index contributed by atoms with van der Waals surface area (Å²) in [7, 11) is 1.55. The molecule has 1 atom stereocenters. The molecule has 3 amide bonds. The second kappa shape index (κ2) is 9.58. The molecule has 170 valence electrons. The summed E-state index contributed by atoms with van der Waals surface area (Å²) in [4.78, 5) is 43.9. The zero-order valence-electron chi connectivity index (χ0n) is 18.9. The first-order chi connectivity index (χ1) is 14.7.